The molecule has 1 atom stereocenters. The Kier molecular flexibility index (Phi) is 5.14. The van der Waals surface area contributed by atoms with Crippen LogP contribution >= 0.6 is 11.3 Å². The highest BCUT2D eigenvalue weighted by molar-refractivity contribution is 7.08. The highest BCUT2D eigenvalue weighted by Gasteiger charge is 2.36. The Balaban J connectivity index is 1.56. The van der Waals surface area contributed by atoms with Gasteiger partial charge in [0.15, 0.2) is 0 Å². The number of carbonyl (C=O) groups excluding carboxylic acids is 1. The Labute approximate surface area is 158 Å². The molecule has 3 nitrogen and oxygen atoms in total. The van der Waals surface area contributed by atoms with Crippen molar-refractivity contribution >= 4 is 17.2 Å². The molecule has 1 unspecified atom stereocenters. The normalized spacial score (nSPS) is 18.2. The van der Waals surface area contributed by atoms with Gasteiger partial charge in [0.25, 0.3) is 0 Å². The van der Waals surface area contributed by atoms with Crippen molar-refractivity contribution in [3.63, 3.8) is 0 Å². The van der Waals surface area contributed by atoms with Gasteiger partial charge in [0.2, 0.25) is 5.91 Å². The number of hydrogen-bond acceptors (Lipinski definition) is 3. The summed E-state index contributed by atoms with van der Waals surface area (Å²) < 4.78 is 0. The van der Waals surface area contributed by atoms with Gasteiger partial charge in [0.1, 0.15) is 6.04 Å². The number of piperazine rings is 1. The molecule has 1 fully saturated rings. The molecule has 132 valence electrons. The molecule has 26 heavy (non-hydrogen) atoms. The third-order valence-electron chi connectivity index (χ3n) is 4.87. The molecule has 4 rings (SSSR count). The lowest BCUT2D eigenvalue weighted by atomic mass is 10.0. The molecule has 0 aliphatic carbocycles. The minimum atomic E-state index is -0.195. The van der Waals surface area contributed by atoms with Crippen LogP contribution in [0.3, 0.4) is 0 Å². The lowest BCUT2D eigenvalue weighted by Gasteiger charge is -2.40. The van der Waals surface area contributed by atoms with E-state index in [4.69, 9.17) is 0 Å². The van der Waals surface area contributed by atoms with Crippen LogP contribution in [0.2, 0.25) is 0 Å². The van der Waals surface area contributed by atoms with Gasteiger partial charge in [-0.05, 0) is 33.5 Å². The van der Waals surface area contributed by atoms with Gasteiger partial charge < -0.3 is 4.90 Å². The fraction of sp³-hybridized carbons (Fsp3) is 0.227. The Bertz CT molecular complexity index is 833. The van der Waals surface area contributed by atoms with E-state index in [9.17, 15) is 4.79 Å². The minimum absolute atomic E-state index is 0.195. The molecule has 0 N–H and O–H groups in total. The Morgan fingerprint density at radius 2 is 1.50 bits per heavy atom. The van der Waals surface area contributed by atoms with Crippen LogP contribution in [0.4, 0.5) is 0 Å². The molecule has 1 aliphatic rings. The summed E-state index contributed by atoms with van der Waals surface area (Å²) in [6.45, 7) is 3.13. The number of thiophene rings is 1. The summed E-state index contributed by atoms with van der Waals surface area (Å²) >= 11 is 1.65. The van der Waals surface area contributed by atoms with Crippen molar-refractivity contribution in [1.29, 1.82) is 0 Å². The van der Waals surface area contributed by atoms with Crippen LogP contribution in [0.25, 0.3) is 0 Å². The zero-order valence-electron chi connectivity index (χ0n) is 14.6. The number of nitrogens with zero attached hydrogens (tertiary/aromatic N) is 2. The Hall–Kier alpha value is -2.43. The van der Waals surface area contributed by atoms with Gasteiger partial charge in [-0.1, -0.05) is 60.7 Å². The van der Waals surface area contributed by atoms with Crippen LogP contribution in [0.5, 0.6) is 0 Å². The van der Waals surface area contributed by atoms with Gasteiger partial charge in [-0.25, -0.2) is 0 Å². The summed E-state index contributed by atoms with van der Waals surface area (Å²) in [5, 5.41) is 4.16. The molecule has 1 saturated heterocycles. The van der Waals surface area contributed by atoms with Crippen molar-refractivity contribution in [3.8, 4) is 0 Å². The molecular weight excluding hydrogens is 340 g/mol. The zero-order chi connectivity index (χ0) is 17.8. The summed E-state index contributed by atoms with van der Waals surface area (Å²) in [5.74, 6) is 0.203. The maximum atomic E-state index is 13.3. The van der Waals surface area contributed by atoms with Gasteiger partial charge in [0.05, 0.1) is 0 Å². The molecule has 1 aromatic heterocycles. The largest absolute Gasteiger partial charge is 0.335 e. The first-order valence-corrected chi connectivity index (χ1v) is 9.88. The second-order valence-corrected chi connectivity index (χ2v) is 7.44. The van der Waals surface area contributed by atoms with Gasteiger partial charge in [-0.2, -0.15) is 11.3 Å². The fourth-order valence-corrected chi connectivity index (χ4v) is 4.23. The van der Waals surface area contributed by atoms with Gasteiger partial charge in [0, 0.05) is 26.2 Å². The van der Waals surface area contributed by atoms with Crippen LogP contribution < -0.4 is 0 Å². The number of carbonyl (C=O) groups is 1. The monoisotopic (exact) mass is 362 g/mol. The molecule has 0 bridgehead atoms. The molecule has 3 aromatic rings. The topological polar surface area (TPSA) is 23.6 Å². The molecule has 2 heterocycles. The first-order valence-electron chi connectivity index (χ1n) is 8.94. The number of rotatable bonds is 5. The predicted octanol–water partition coefficient (Wildman–Crippen LogP) is 4.33. The summed E-state index contributed by atoms with van der Waals surface area (Å²) in [7, 11) is 0. The zero-order valence-corrected chi connectivity index (χ0v) is 15.4. The quantitative estimate of drug-likeness (QED) is 0.674. The van der Waals surface area contributed by atoms with Crippen molar-refractivity contribution in [2.24, 2.45) is 0 Å². The molecule has 4 heteroatoms. The van der Waals surface area contributed by atoms with Crippen molar-refractivity contribution in [2.75, 3.05) is 13.1 Å². The van der Waals surface area contributed by atoms with E-state index in [1.807, 2.05) is 29.2 Å². The molecule has 0 radical (unpaired) electrons. The average molecular weight is 362 g/mol. The third-order valence-corrected chi connectivity index (χ3v) is 5.57. The van der Waals surface area contributed by atoms with Crippen molar-refractivity contribution in [2.45, 2.75) is 19.1 Å². The lowest BCUT2D eigenvalue weighted by molar-refractivity contribution is -0.143. The number of benzene rings is 2. The lowest BCUT2D eigenvalue weighted by Crippen LogP contribution is -2.51. The highest BCUT2D eigenvalue weighted by Crippen LogP contribution is 2.30. The summed E-state index contributed by atoms with van der Waals surface area (Å²) in [4.78, 5) is 17.6. The molecule has 2 aromatic carbocycles. The van der Waals surface area contributed by atoms with Crippen molar-refractivity contribution in [1.82, 2.24) is 9.80 Å². The highest BCUT2D eigenvalue weighted by atomic mass is 32.1. The predicted molar refractivity (Wildman–Crippen MR) is 106 cm³/mol. The SMILES string of the molecule is O=C1C(c2ccsc2)N(Cc2ccccc2)CCN1Cc1ccccc1. The maximum Gasteiger partial charge on any atom is 0.244 e. The summed E-state index contributed by atoms with van der Waals surface area (Å²) in [6, 6.07) is 22.5. The Morgan fingerprint density at radius 1 is 0.846 bits per heavy atom. The number of hydrogen-bond donors (Lipinski definition) is 0. The van der Waals surface area contributed by atoms with Crippen LogP contribution in [0.15, 0.2) is 77.5 Å². The smallest absolute Gasteiger partial charge is 0.244 e. The van der Waals surface area contributed by atoms with Crippen LogP contribution in [-0.2, 0) is 17.9 Å². The van der Waals surface area contributed by atoms with E-state index in [1.54, 1.807) is 11.3 Å². The molecule has 1 amide bonds. The van der Waals surface area contributed by atoms with Gasteiger partial charge in [-0.15, -0.1) is 0 Å². The van der Waals surface area contributed by atoms with Gasteiger partial charge in [-0.3, -0.25) is 9.69 Å². The molecule has 1 aliphatic heterocycles. The number of amides is 1. The van der Waals surface area contributed by atoms with Crippen LogP contribution in [-0.4, -0.2) is 28.8 Å². The summed E-state index contributed by atoms with van der Waals surface area (Å²) in [5.41, 5.74) is 3.53. The third kappa shape index (κ3) is 3.71. The van der Waals surface area contributed by atoms with E-state index in [0.29, 0.717) is 6.54 Å². The summed E-state index contributed by atoms with van der Waals surface area (Å²) in [6.07, 6.45) is 0. The van der Waals surface area contributed by atoms with Crippen LogP contribution in [0.1, 0.15) is 22.7 Å². The first kappa shape index (κ1) is 17.0. The van der Waals surface area contributed by atoms with Gasteiger partial charge >= 0.3 is 0 Å². The van der Waals surface area contributed by atoms with E-state index in [-0.39, 0.29) is 11.9 Å². The van der Waals surface area contributed by atoms with Crippen molar-refractivity contribution < 1.29 is 4.79 Å². The first-order chi connectivity index (χ1) is 12.8. The molecular formula is C22H22N2OS. The van der Waals surface area contributed by atoms with E-state index >= 15 is 0 Å². The average Bonchev–Trinajstić information content (AvgIpc) is 3.20. The minimum Gasteiger partial charge on any atom is -0.335 e. The fourth-order valence-electron chi connectivity index (χ4n) is 3.55. The standard InChI is InChI=1S/C22H22N2OS/c25-22-21(20-11-14-26-17-20)23(15-18-7-3-1-4-8-18)12-13-24(22)16-19-9-5-2-6-10-19/h1-11,14,17,21H,12-13,15-16H2. The van der Waals surface area contributed by atoms with E-state index < -0.39 is 0 Å². The second-order valence-electron chi connectivity index (χ2n) is 6.66. The van der Waals surface area contributed by atoms with Crippen molar-refractivity contribution in [3.05, 3.63) is 94.2 Å². The molecule has 0 saturated carbocycles. The van der Waals surface area contributed by atoms with Crippen LogP contribution in [0, 0.1) is 0 Å². The maximum absolute atomic E-state index is 13.3. The second kappa shape index (κ2) is 7.85. The molecule has 0 spiro atoms. The van der Waals surface area contributed by atoms with E-state index in [1.165, 1.54) is 11.1 Å². The van der Waals surface area contributed by atoms with E-state index in [0.717, 1.165) is 25.2 Å². The van der Waals surface area contributed by atoms with E-state index in [2.05, 4.69) is 58.1 Å². The Morgan fingerprint density at radius 3 is 2.12 bits per heavy atom.